The molecule has 0 atom stereocenters. The average Bonchev–Trinajstić information content (AvgIpc) is 3.22. The van der Waals surface area contributed by atoms with E-state index < -0.39 is 17.6 Å². The molecule has 47 heavy (non-hydrogen) atoms. The van der Waals surface area contributed by atoms with E-state index in [1.165, 1.54) is 28.8 Å². The van der Waals surface area contributed by atoms with Gasteiger partial charge in [-0.15, -0.1) is 0 Å². The van der Waals surface area contributed by atoms with Crippen LogP contribution in [-0.2, 0) is 13.2 Å². The predicted molar refractivity (Wildman–Crippen MR) is 180 cm³/mol. The summed E-state index contributed by atoms with van der Waals surface area (Å²) in [6.07, 6.45) is 5.90. The number of aromatic amines is 1. The first-order chi connectivity index (χ1) is 22.7. The molecule has 10 heteroatoms. The van der Waals surface area contributed by atoms with E-state index in [9.17, 15) is 24.6 Å². The van der Waals surface area contributed by atoms with Gasteiger partial charge in [0.2, 0.25) is 0 Å². The number of carboxylic acids is 2. The Bertz CT molecular complexity index is 2120. The largest absolute Gasteiger partial charge is 0.494 e. The molecule has 1 aliphatic carbocycles. The van der Waals surface area contributed by atoms with Gasteiger partial charge < -0.3 is 19.7 Å². The van der Waals surface area contributed by atoms with Crippen LogP contribution >= 0.6 is 12.2 Å². The highest BCUT2D eigenvalue weighted by Gasteiger charge is 2.25. The summed E-state index contributed by atoms with van der Waals surface area (Å²) < 4.78 is 13.2. The van der Waals surface area contributed by atoms with Crippen LogP contribution in [0.2, 0.25) is 0 Å². The molecule has 0 bridgehead atoms. The SMILES string of the molecule is CCOc1cc(OCc2cc(Cn3cc(C4c5ccccc5C=Cc5ccccc54)c(=S)[nH]c3=O)cc(C(=O)O)c2)cc(C(=O)O)c1. The fourth-order valence-electron chi connectivity index (χ4n) is 5.84. The van der Waals surface area contributed by atoms with E-state index in [0.717, 1.165) is 27.8 Å². The molecule has 1 heterocycles. The third-order valence-corrected chi connectivity index (χ3v) is 8.24. The molecule has 4 aromatic carbocycles. The van der Waals surface area contributed by atoms with Gasteiger partial charge in [0.15, 0.2) is 0 Å². The van der Waals surface area contributed by atoms with Crippen LogP contribution in [-0.4, -0.2) is 38.3 Å². The van der Waals surface area contributed by atoms with Gasteiger partial charge in [-0.1, -0.05) is 79.0 Å². The van der Waals surface area contributed by atoms with Crippen LogP contribution in [0.5, 0.6) is 11.5 Å². The van der Waals surface area contributed by atoms with E-state index >= 15 is 0 Å². The first kappa shape index (κ1) is 31.3. The van der Waals surface area contributed by atoms with Crippen molar-refractivity contribution < 1.29 is 29.3 Å². The molecule has 6 rings (SSSR count). The van der Waals surface area contributed by atoms with Crippen LogP contribution < -0.4 is 15.2 Å². The van der Waals surface area contributed by atoms with E-state index in [0.29, 0.717) is 28.1 Å². The number of aromatic nitrogens is 2. The standard InChI is InChI=1S/C37H30N2O7S/c1-2-45-28-16-27(36(42)43)17-29(18-28)46-21-23-13-22(14-26(15-23)35(40)41)19-39-20-32(34(47)38-37(39)44)33-30-9-5-3-7-24(30)11-12-25-8-4-6-10-31(25)33/h3-18,20,33H,2,19,21H2,1H3,(H,40,41)(H,42,43)(H,38,44,47). The summed E-state index contributed by atoms with van der Waals surface area (Å²) in [7, 11) is 0. The van der Waals surface area contributed by atoms with E-state index in [1.807, 2.05) is 36.4 Å². The lowest BCUT2D eigenvalue weighted by Gasteiger charge is -2.22. The van der Waals surface area contributed by atoms with Crippen LogP contribution in [0.15, 0.2) is 95.9 Å². The summed E-state index contributed by atoms with van der Waals surface area (Å²) in [5.41, 5.74) is 5.58. The lowest BCUT2D eigenvalue weighted by atomic mass is 9.83. The van der Waals surface area contributed by atoms with E-state index in [-0.39, 0.29) is 35.9 Å². The summed E-state index contributed by atoms with van der Waals surface area (Å²) in [5, 5.41) is 19.4. The molecule has 0 saturated heterocycles. The second-order valence-electron chi connectivity index (χ2n) is 11.1. The molecule has 3 N–H and O–H groups in total. The zero-order valence-corrected chi connectivity index (χ0v) is 26.1. The summed E-state index contributed by atoms with van der Waals surface area (Å²) in [4.78, 5) is 39.8. The van der Waals surface area contributed by atoms with Crippen molar-refractivity contribution in [2.24, 2.45) is 0 Å². The van der Waals surface area contributed by atoms with Gasteiger partial charge in [0.25, 0.3) is 0 Å². The van der Waals surface area contributed by atoms with Crippen molar-refractivity contribution >= 4 is 36.3 Å². The maximum atomic E-state index is 13.3. The van der Waals surface area contributed by atoms with Gasteiger partial charge in [-0.25, -0.2) is 14.4 Å². The Hall–Kier alpha value is -5.74. The first-order valence-electron chi connectivity index (χ1n) is 14.9. The fourth-order valence-corrected chi connectivity index (χ4v) is 6.09. The number of nitrogens with zero attached hydrogens (tertiary/aromatic N) is 1. The normalized spacial score (nSPS) is 12.1. The molecule has 0 aliphatic heterocycles. The number of benzene rings is 4. The molecule has 0 amide bonds. The molecule has 236 valence electrons. The van der Waals surface area contributed by atoms with Gasteiger partial charge in [-0.2, -0.15) is 0 Å². The number of fused-ring (bicyclic) bond motifs is 2. The number of ether oxygens (including phenoxy) is 2. The Morgan fingerprint density at radius 3 is 1.98 bits per heavy atom. The third-order valence-electron chi connectivity index (χ3n) is 7.90. The maximum absolute atomic E-state index is 13.3. The monoisotopic (exact) mass is 646 g/mol. The van der Waals surface area contributed by atoms with Crippen LogP contribution in [0.25, 0.3) is 12.2 Å². The van der Waals surface area contributed by atoms with Crippen molar-refractivity contribution in [3.05, 3.63) is 156 Å². The second kappa shape index (κ2) is 13.3. The topological polar surface area (TPSA) is 131 Å². The molecular formula is C37H30N2O7S. The molecule has 0 saturated carbocycles. The number of H-pyrrole nitrogens is 1. The first-order valence-corrected chi connectivity index (χ1v) is 15.3. The second-order valence-corrected chi connectivity index (χ2v) is 11.5. The highest BCUT2D eigenvalue weighted by molar-refractivity contribution is 7.71. The van der Waals surface area contributed by atoms with Crippen LogP contribution in [0.3, 0.4) is 0 Å². The van der Waals surface area contributed by atoms with Gasteiger partial charge in [0.1, 0.15) is 22.7 Å². The van der Waals surface area contributed by atoms with Gasteiger partial charge >= 0.3 is 17.6 Å². The highest BCUT2D eigenvalue weighted by Crippen LogP contribution is 2.39. The van der Waals surface area contributed by atoms with Crippen LogP contribution in [0.4, 0.5) is 0 Å². The Morgan fingerprint density at radius 2 is 1.36 bits per heavy atom. The molecule has 1 aliphatic rings. The number of hydrogen-bond donors (Lipinski definition) is 3. The minimum Gasteiger partial charge on any atom is -0.494 e. The number of rotatable bonds is 10. The lowest BCUT2D eigenvalue weighted by molar-refractivity contribution is 0.0685. The zero-order valence-electron chi connectivity index (χ0n) is 25.3. The molecule has 0 spiro atoms. The van der Waals surface area contributed by atoms with E-state index in [4.69, 9.17) is 21.7 Å². The summed E-state index contributed by atoms with van der Waals surface area (Å²) in [6, 6.07) is 25.2. The third kappa shape index (κ3) is 6.78. The molecule has 9 nitrogen and oxygen atoms in total. The molecule has 1 aromatic heterocycles. The number of nitrogens with one attached hydrogen (secondary N) is 1. The lowest BCUT2D eigenvalue weighted by Crippen LogP contribution is -2.25. The Kier molecular flexibility index (Phi) is 8.86. The van der Waals surface area contributed by atoms with Crippen molar-refractivity contribution in [3.63, 3.8) is 0 Å². The average molecular weight is 647 g/mol. The Labute approximate surface area is 275 Å². The summed E-state index contributed by atoms with van der Waals surface area (Å²) in [6.45, 7) is 2.13. The van der Waals surface area contributed by atoms with Gasteiger partial charge in [-0.05, 0) is 64.6 Å². The Morgan fingerprint density at radius 1 is 0.787 bits per heavy atom. The Balaban J connectivity index is 1.36. The summed E-state index contributed by atoms with van der Waals surface area (Å²) in [5.74, 6) is -1.94. The minimum absolute atomic E-state index is 0.00256. The molecular weight excluding hydrogens is 616 g/mol. The fraction of sp³-hybridized carbons (Fsp3) is 0.135. The quantitative estimate of drug-likeness (QED) is 0.136. The van der Waals surface area contributed by atoms with Crippen molar-refractivity contribution in [2.75, 3.05) is 6.61 Å². The molecule has 0 radical (unpaired) electrons. The summed E-state index contributed by atoms with van der Waals surface area (Å²) >= 11 is 5.73. The van der Waals surface area contributed by atoms with Crippen molar-refractivity contribution in [2.45, 2.75) is 26.0 Å². The number of hydrogen-bond acceptors (Lipinski definition) is 6. The maximum Gasteiger partial charge on any atom is 0.335 e. The van der Waals surface area contributed by atoms with Crippen LogP contribution in [0.1, 0.15) is 72.5 Å². The smallest absolute Gasteiger partial charge is 0.335 e. The number of aromatic carboxylic acids is 2. The molecule has 0 unspecified atom stereocenters. The van der Waals surface area contributed by atoms with Gasteiger partial charge in [0, 0.05) is 23.7 Å². The number of carboxylic acid groups (broad SMARTS) is 2. The highest BCUT2D eigenvalue weighted by atomic mass is 32.1. The van der Waals surface area contributed by atoms with Gasteiger partial charge in [-0.3, -0.25) is 9.55 Å². The molecule has 0 fully saturated rings. The van der Waals surface area contributed by atoms with Crippen LogP contribution in [0, 0.1) is 4.64 Å². The van der Waals surface area contributed by atoms with E-state index in [2.05, 4.69) is 29.3 Å². The minimum atomic E-state index is -1.14. The van der Waals surface area contributed by atoms with Gasteiger partial charge in [0.05, 0.1) is 24.3 Å². The predicted octanol–water partition coefficient (Wildman–Crippen LogP) is 6.99. The molecule has 5 aromatic rings. The zero-order chi connectivity index (χ0) is 33.1. The number of carbonyl (C=O) groups is 2. The van der Waals surface area contributed by atoms with Crippen molar-refractivity contribution in [3.8, 4) is 11.5 Å². The van der Waals surface area contributed by atoms with E-state index in [1.54, 1.807) is 25.3 Å². The van der Waals surface area contributed by atoms with Crippen molar-refractivity contribution in [1.29, 1.82) is 0 Å². The van der Waals surface area contributed by atoms with Crippen molar-refractivity contribution in [1.82, 2.24) is 9.55 Å².